The molecule has 12 heavy (non-hydrogen) atoms. The average molecular weight is 178 g/mol. The molecule has 2 heteroatoms. The third kappa shape index (κ3) is 1.08. The number of hydrogen-bond acceptors (Lipinski definition) is 2. The van der Waals surface area contributed by atoms with Crippen LogP contribution >= 0.6 is 11.3 Å². The van der Waals surface area contributed by atoms with Crippen LogP contribution in [0, 0.1) is 0 Å². The molecule has 0 bridgehead atoms. The molecule has 0 fully saturated rings. The van der Waals surface area contributed by atoms with Crippen molar-refractivity contribution in [2.75, 3.05) is 0 Å². The van der Waals surface area contributed by atoms with Crippen LogP contribution in [0.2, 0.25) is 0 Å². The second-order valence-electron chi connectivity index (χ2n) is 2.81. The van der Waals surface area contributed by atoms with E-state index >= 15 is 0 Å². The number of hydrogen-bond donors (Lipinski definition) is 1. The molecule has 62 valence electrons. The van der Waals surface area contributed by atoms with Crippen LogP contribution in [-0.2, 0) is 6.42 Å². The lowest BCUT2D eigenvalue weighted by molar-refractivity contribution is 0.482. The van der Waals surface area contributed by atoms with Crippen LogP contribution in [-0.4, -0.2) is 5.11 Å². The van der Waals surface area contributed by atoms with E-state index in [1.165, 1.54) is 5.56 Å². The fourth-order valence-electron chi connectivity index (χ4n) is 1.33. The molecule has 1 nitrogen and oxygen atoms in total. The fourth-order valence-corrected chi connectivity index (χ4v) is 2.12. The van der Waals surface area contributed by atoms with Crippen LogP contribution in [0.4, 0.5) is 0 Å². The Hall–Kier alpha value is -1.02. The highest BCUT2D eigenvalue weighted by molar-refractivity contribution is 7.17. The van der Waals surface area contributed by atoms with E-state index in [4.69, 9.17) is 0 Å². The van der Waals surface area contributed by atoms with Gasteiger partial charge in [0.2, 0.25) is 0 Å². The minimum Gasteiger partial charge on any atom is -0.506 e. The monoisotopic (exact) mass is 178 g/mol. The summed E-state index contributed by atoms with van der Waals surface area (Å²) in [6.07, 6.45) is 0.972. The molecular formula is C10H10OS. The third-order valence-electron chi connectivity index (χ3n) is 2.00. The molecule has 0 saturated carbocycles. The topological polar surface area (TPSA) is 20.2 Å². The van der Waals surface area contributed by atoms with Gasteiger partial charge in [0, 0.05) is 0 Å². The molecule has 0 aliphatic carbocycles. The van der Waals surface area contributed by atoms with Gasteiger partial charge in [-0.15, -0.1) is 11.3 Å². The van der Waals surface area contributed by atoms with Gasteiger partial charge >= 0.3 is 0 Å². The molecule has 0 saturated heterocycles. The molecule has 0 aliphatic rings. The first-order valence-corrected chi connectivity index (χ1v) is 4.88. The summed E-state index contributed by atoms with van der Waals surface area (Å²) >= 11 is 1.58. The van der Waals surface area contributed by atoms with Crippen molar-refractivity contribution in [2.24, 2.45) is 0 Å². The lowest BCUT2D eigenvalue weighted by atomic mass is 10.1. The standard InChI is InChI=1S/C10H10OS/c1-2-7-5-8-3-4-12-10(8)9(11)6-7/h3-6,11H,2H2,1H3. The number of aryl methyl sites for hydroxylation is 1. The highest BCUT2D eigenvalue weighted by Crippen LogP contribution is 2.31. The van der Waals surface area contributed by atoms with E-state index in [2.05, 4.69) is 13.0 Å². The first kappa shape index (κ1) is 7.62. The van der Waals surface area contributed by atoms with Gasteiger partial charge in [0.1, 0.15) is 5.75 Å². The fraction of sp³-hybridized carbons (Fsp3) is 0.200. The van der Waals surface area contributed by atoms with Gasteiger partial charge in [-0.25, -0.2) is 0 Å². The summed E-state index contributed by atoms with van der Waals surface area (Å²) < 4.78 is 0.993. The number of benzene rings is 1. The van der Waals surface area contributed by atoms with E-state index in [0.717, 1.165) is 16.5 Å². The van der Waals surface area contributed by atoms with Crippen molar-refractivity contribution in [2.45, 2.75) is 13.3 Å². The minimum atomic E-state index is 0.416. The molecule has 0 amide bonds. The Labute approximate surface area is 75.3 Å². The first-order valence-electron chi connectivity index (χ1n) is 4.00. The predicted octanol–water partition coefficient (Wildman–Crippen LogP) is 3.17. The Bertz CT molecular complexity index is 403. The molecule has 1 aromatic carbocycles. The van der Waals surface area contributed by atoms with Gasteiger partial charge in [-0.3, -0.25) is 0 Å². The smallest absolute Gasteiger partial charge is 0.133 e. The van der Waals surface area contributed by atoms with Crippen LogP contribution in [0.3, 0.4) is 0 Å². The van der Waals surface area contributed by atoms with E-state index in [9.17, 15) is 5.11 Å². The summed E-state index contributed by atoms with van der Waals surface area (Å²) in [5.41, 5.74) is 1.19. The van der Waals surface area contributed by atoms with E-state index in [1.54, 1.807) is 11.3 Å². The summed E-state index contributed by atoms with van der Waals surface area (Å²) in [6.45, 7) is 2.09. The van der Waals surface area contributed by atoms with Crippen LogP contribution in [0.25, 0.3) is 10.1 Å². The molecule has 2 rings (SSSR count). The summed E-state index contributed by atoms with van der Waals surface area (Å²) in [4.78, 5) is 0. The highest BCUT2D eigenvalue weighted by atomic mass is 32.1. The van der Waals surface area contributed by atoms with Gasteiger partial charge in [0.25, 0.3) is 0 Å². The number of aromatic hydroxyl groups is 1. The van der Waals surface area contributed by atoms with Gasteiger partial charge in [-0.2, -0.15) is 0 Å². The zero-order valence-corrected chi connectivity index (χ0v) is 7.69. The zero-order chi connectivity index (χ0) is 8.55. The van der Waals surface area contributed by atoms with Crippen molar-refractivity contribution in [1.29, 1.82) is 0 Å². The summed E-state index contributed by atoms with van der Waals surface area (Å²) in [7, 11) is 0. The second kappa shape index (κ2) is 2.79. The quantitative estimate of drug-likeness (QED) is 0.711. The van der Waals surface area contributed by atoms with E-state index in [1.807, 2.05) is 17.5 Å². The zero-order valence-electron chi connectivity index (χ0n) is 6.87. The maximum Gasteiger partial charge on any atom is 0.133 e. The van der Waals surface area contributed by atoms with Crippen LogP contribution in [0.1, 0.15) is 12.5 Å². The summed E-state index contributed by atoms with van der Waals surface area (Å²) in [5.74, 6) is 0.416. The minimum absolute atomic E-state index is 0.416. The Morgan fingerprint density at radius 3 is 3.00 bits per heavy atom. The Morgan fingerprint density at radius 2 is 2.25 bits per heavy atom. The average Bonchev–Trinajstić information content (AvgIpc) is 2.52. The van der Waals surface area contributed by atoms with Crippen LogP contribution < -0.4 is 0 Å². The predicted molar refractivity (Wildman–Crippen MR) is 52.9 cm³/mol. The second-order valence-corrected chi connectivity index (χ2v) is 3.72. The Kier molecular flexibility index (Phi) is 1.77. The molecule has 1 aromatic heterocycles. The molecule has 0 unspecified atom stereocenters. The largest absolute Gasteiger partial charge is 0.506 e. The molecule has 0 spiro atoms. The van der Waals surface area contributed by atoms with Crippen molar-refractivity contribution in [3.63, 3.8) is 0 Å². The Morgan fingerprint density at radius 1 is 1.42 bits per heavy atom. The van der Waals surface area contributed by atoms with E-state index < -0.39 is 0 Å². The molecule has 2 aromatic rings. The van der Waals surface area contributed by atoms with Crippen LogP contribution in [0.5, 0.6) is 5.75 Å². The van der Waals surface area contributed by atoms with Gasteiger partial charge in [0.15, 0.2) is 0 Å². The van der Waals surface area contributed by atoms with Crippen LogP contribution in [0.15, 0.2) is 23.6 Å². The van der Waals surface area contributed by atoms with Crippen molar-refractivity contribution in [3.8, 4) is 5.75 Å². The molecule has 1 N–H and O–H groups in total. The van der Waals surface area contributed by atoms with Crippen molar-refractivity contribution in [3.05, 3.63) is 29.1 Å². The first-order chi connectivity index (χ1) is 5.81. The molecule has 0 atom stereocenters. The number of rotatable bonds is 1. The van der Waals surface area contributed by atoms with Crippen molar-refractivity contribution in [1.82, 2.24) is 0 Å². The molecular weight excluding hydrogens is 168 g/mol. The Balaban J connectivity index is 2.75. The highest BCUT2D eigenvalue weighted by Gasteiger charge is 2.02. The molecule has 1 heterocycles. The maximum absolute atomic E-state index is 9.58. The maximum atomic E-state index is 9.58. The van der Waals surface area contributed by atoms with E-state index in [-0.39, 0.29) is 0 Å². The number of fused-ring (bicyclic) bond motifs is 1. The van der Waals surface area contributed by atoms with Crippen molar-refractivity contribution < 1.29 is 5.11 Å². The SMILES string of the molecule is CCc1cc(O)c2sccc2c1. The number of phenolic OH excluding ortho intramolecular Hbond substituents is 1. The van der Waals surface area contributed by atoms with Crippen molar-refractivity contribution >= 4 is 21.4 Å². The van der Waals surface area contributed by atoms with Gasteiger partial charge in [0.05, 0.1) is 4.70 Å². The number of phenols is 1. The lowest BCUT2D eigenvalue weighted by Crippen LogP contribution is -1.78. The normalized spacial score (nSPS) is 10.8. The summed E-state index contributed by atoms with van der Waals surface area (Å²) in [5, 5.41) is 12.7. The molecule has 0 radical (unpaired) electrons. The van der Waals surface area contributed by atoms with Gasteiger partial charge < -0.3 is 5.11 Å². The number of thiophene rings is 1. The van der Waals surface area contributed by atoms with Gasteiger partial charge in [-0.05, 0) is 34.9 Å². The lowest BCUT2D eigenvalue weighted by Gasteiger charge is -1.99. The third-order valence-corrected chi connectivity index (χ3v) is 2.95. The summed E-state index contributed by atoms with van der Waals surface area (Å²) in [6, 6.07) is 6.02. The molecule has 0 aliphatic heterocycles. The van der Waals surface area contributed by atoms with Gasteiger partial charge in [-0.1, -0.05) is 13.0 Å². The van der Waals surface area contributed by atoms with E-state index in [0.29, 0.717) is 5.75 Å².